The Hall–Kier alpha value is -2.33. The summed E-state index contributed by atoms with van der Waals surface area (Å²) in [5.74, 6) is 0.468. The van der Waals surface area contributed by atoms with Crippen LogP contribution in [0.1, 0.15) is 0 Å². The fourth-order valence-electron chi connectivity index (χ4n) is 2.12. The average molecular weight is 254 g/mol. The van der Waals surface area contributed by atoms with Gasteiger partial charge in [0.1, 0.15) is 5.75 Å². The van der Waals surface area contributed by atoms with E-state index in [9.17, 15) is 4.79 Å². The number of hydrogen-bond donors (Lipinski definition) is 2. The predicted octanol–water partition coefficient (Wildman–Crippen LogP) is 2.01. The highest BCUT2D eigenvalue weighted by Gasteiger charge is 2.26. The molecule has 96 valence electrons. The van der Waals surface area contributed by atoms with Gasteiger partial charge in [0.15, 0.2) is 6.10 Å². The molecular weight excluding hydrogens is 240 g/mol. The molecule has 0 saturated heterocycles. The van der Waals surface area contributed by atoms with E-state index in [1.165, 1.54) is 0 Å². The number of ether oxygens (including phenoxy) is 1. The van der Waals surface area contributed by atoms with Crippen molar-refractivity contribution in [2.24, 2.45) is 5.73 Å². The minimum Gasteiger partial charge on any atom is -0.477 e. The number of amides is 1. The first-order valence-corrected chi connectivity index (χ1v) is 6.15. The van der Waals surface area contributed by atoms with Crippen LogP contribution in [0.15, 0.2) is 48.5 Å². The molecule has 0 aliphatic carbocycles. The highest BCUT2D eigenvalue weighted by molar-refractivity contribution is 5.98. The molecule has 1 aliphatic rings. The van der Waals surface area contributed by atoms with Crippen molar-refractivity contribution in [1.29, 1.82) is 0 Å². The number of rotatable bonds is 2. The maximum atomic E-state index is 11.7. The maximum Gasteiger partial charge on any atom is 0.266 e. The summed E-state index contributed by atoms with van der Waals surface area (Å²) < 4.78 is 5.55. The molecule has 2 aromatic rings. The van der Waals surface area contributed by atoms with Crippen LogP contribution < -0.4 is 15.8 Å². The Bertz CT molecular complexity index is 611. The quantitative estimate of drug-likeness (QED) is 0.861. The zero-order valence-corrected chi connectivity index (χ0v) is 10.3. The molecule has 0 saturated carbocycles. The number of anilines is 1. The summed E-state index contributed by atoms with van der Waals surface area (Å²) in [6, 6.07) is 15.7. The van der Waals surface area contributed by atoms with E-state index in [0.29, 0.717) is 11.4 Å². The predicted molar refractivity (Wildman–Crippen MR) is 74.0 cm³/mol. The Morgan fingerprint density at radius 1 is 1.11 bits per heavy atom. The molecule has 3 N–H and O–H groups in total. The monoisotopic (exact) mass is 254 g/mol. The van der Waals surface area contributed by atoms with Crippen LogP contribution in [-0.4, -0.2) is 18.6 Å². The summed E-state index contributed by atoms with van der Waals surface area (Å²) in [6.45, 7) is 0.172. The second-order valence-corrected chi connectivity index (χ2v) is 4.41. The van der Waals surface area contributed by atoms with Crippen molar-refractivity contribution < 1.29 is 9.53 Å². The molecule has 1 amide bonds. The molecular formula is C15H14N2O2. The van der Waals surface area contributed by atoms with E-state index < -0.39 is 6.10 Å². The number of hydrogen-bond acceptors (Lipinski definition) is 3. The Balaban J connectivity index is 1.97. The summed E-state index contributed by atoms with van der Waals surface area (Å²) >= 11 is 0. The summed E-state index contributed by atoms with van der Waals surface area (Å²) in [5, 5.41) is 2.83. The first-order chi connectivity index (χ1) is 9.28. The second kappa shape index (κ2) is 4.74. The van der Waals surface area contributed by atoms with Crippen LogP contribution in [0.5, 0.6) is 5.75 Å². The molecule has 0 radical (unpaired) electrons. The number of carbonyl (C=O) groups is 1. The molecule has 3 rings (SSSR count). The van der Waals surface area contributed by atoms with Gasteiger partial charge in [-0.2, -0.15) is 0 Å². The van der Waals surface area contributed by atoms with Gasteiger partial charge in [0.05, 0.1) is 5.69 Å². The van der Waals surface area contributed by atoms with Gasteiger partial charge in [0, 0.05) is 6.54 Å². The van der Waals surface area contributed by atoms with Crippen molar-refractivity contribution in [3.05, 3.63) is 48.5 Å². The van der Waals surface area contributed by atoms with Crippen LogP contribution in [0.3, 0.4) is 0 Å². The largest absolute Gasteiger partial charge is 0.477 e. The number of nitrogens with two attached hydrogens (primary N) is 1. The number of carbonyl (C=O) groups excluding carboxylic acids is 1. The van der Waals surface area contributed by atoms with E-state index in [2.05, 4.69) is 5.32 Å². The van der Waals surface area contributed by atoms with Gasteiger partial charge in [0.25, 0.3) is 5.91 Å². The SMILES string of the molecule is NCC1Oc2ccc(-c3ccccc3)cc2NC1=O. The van der Waals surface area contributed by atoms with Crippen molar-refractivity contribution in [2.45, 2.75) is 6.10 Å². The zero-order valence-electron chi connectivity index (χ0n) is 10.3. The standard InChI is InChI=1S/C15H14N2O2/c16-9-14-15(18)17-12-8-11(6-7-13(12)19-14)10-4-2-1-3-5-10/h1-8,14H,9,16H2,(H,17,18). The van der Waals surface area contributed by atoms with Gasteiger partial charge in [-0.25, -0.2) is 0 Å². The molecule has 0 spiro atoms. The Labute approximate surface area is 111 Å². The molecule has 4 heteroatoms. The van der Waals surface area contributed by atoms with Crippen LogP contribution in [0.4, 0.5) is 5.69 Å². The molecule has 2 aromatic carbocycles. The number of fused-ring (bicyclic) bond motifs is 1. The fraction of sp³-hybridized carbons (Fsp3) is 0.133. The summed E-state index contributed by atoms with van der Waals surface area (Å²) in [5.41, 5.74) is 8.31. The van der Waals surface area contributed by atoms with Gasteiger partial charge in [-0.1, -0.05) is 36.4 Å². The van der Waals surface area contributed by atoms with Crippen molar-refractivity contribution in [1.82, 2.24) is 0 Å². The van der Waals surface area contributed by atoms with Crippen molar-refractivity contribution in [3.8, 4) is 16.9 Å². The van der Waals surface area contributed by atoms with Gasteiger partial charge in [0.2, 0.25) is 0 Å². The first kappa shape index (κ1) is 11.7. The molecule has 4 nitrogen and oxygen atoms in total. The van der Waals surface area contributed by atoms with E-state index in [0.717, 1.165) is 11.1 Å². The molecule has 1 heterocycles. The van der Waals surface area contributed by atoms with E-state index >= 15 is 0 Å². The molecule has 0 fully saturated rings. The van der Waals surface area contributed by atoms with Crippen molar-refractivity contribution in [3.63, 3.8) is 0 Å². The number of benzene rings is 2. The average Bonchev–Trinajstić information content (AvgIpc) is 2.47. The van der Waals surface area contributed by atoms with Crippen molar-refractivity contribution >= 4 is 11.6 Å². The van der Waals surface area contributed by atoms with Crippen LogP contribution in [0.25, 0.3) is 11.1 Å². The second-order valence-electron chi connectivity index (χ2n) is 4.41. The summed E-state index contributed by atoms with van der Waals surface area (Å²) in [6.07, 6.45) is -0.602. The Morgan fingerprint density at radius 2 is 1.89 bits per heavy atom. The normalized spacial score (nSPS) is 17.3. The third-order valence-electron chi connectivity index (χ3n) is 3.12. The van der Waals surface area contributed by atoms with Crippen LogP contribution >= 0.6 is 0 Å². The van der Waals surface area contributed by atoms with Crippen molar-refractivity contribution in [2.75, 3.05) is 11.9 Å². The van der Waals surface area contributed by atoms with Crippen LogP contribution in [0.2, 0.25) is 0 Å². The zero-order chi connectivity index (χ0) is 13.2. The Kier molecular flexibility index (Phi) is 2.93. The van der Waals surface area contributed by atoms with Gasteiger partial charge in [-0.15, -0.1) is 0 Å². The summed E-state index contributed by atoms with van der Waals surface area (Å²) in [7, 11) is 0. The molecule has 19 heavy (non-hydrogen) atoms. The van der Waals surface area contributed by atoms with Crippen LogP contribution in [0, 0.1) is 0 Å². The molecule has 0 aromatic heterocycles. The maximum absolute atomic E-state index is 11.7. The van der Waals surface area contributed by atoms with Gasteiger partial charge < -0.3 is 15.8 Å². The molecule has 1 unspecified atom stereocenters. The van der Waals surface area contributed by atoms with E-state index in [-0.39, 0.29) is 12.5 Å². The van der Waals surface area contributed by atoms with E-state index in [4.69, 9.17) is 10.5 Å². The van der Waals surface area contributed by atoms with Gasteiger partial charge >= 0.3 is 0 Å². The summed E-state index contributed by atoms with van der Waals surface area (Å²) in [4.78, 5) is 11.7. The highest BCUT2D eigenvalue weighted by atomic mass is 16.5. The van der Waals surface area contributed by atoms with Gasteiger partial charge in [-0.05, 0) is 23.3 Å². The smallest absolute Gasteiger partial charge is 0.266 e. The topological polar surface area (TPSA) is 64.3 Å². The van der Waals surface area contributed by atoms with Gasteiger partial charge in [-0.3, -0.25) is 4.79 Å². The van der Waals surface area contributed by atoms with E-state index in [1.54, 1.807) is 0 Å². The fourth-order valence-corrected chi connectivity index (χ4v) is 2.12. The third kappa shape index (κ3) is 2.18. The Morgan fingerprint density at radius 3 is 2.63 bits per heavy atom. The molecule has 1 aliphatic heterocycles. The molecule has 1 atom stereocenters. The lowest BCUT2D eigenvalue weighted by molar-refractivity contribution is -0.123. The number of nitrogens with one attached hydrogen (secondary N) is 1. The van der Waals surface area contributed by atoms with Crippen LogP contribution in [-0.2, 0) is 4.79 Å². The first-order valence-electron chi connectivity index (χ1n) is 6.15. The minimum absolute atomic E-state index is 0.172. The van der Waals surface area contributed by atoms with E-state index in [1.807, 2.05) is 48.5 Å². The third-order valence-corrected chi connectivity index (χ3v) is 3.12. The lowest BCUT2D eigenvalue weighted by Crippen LogP contribution is -2.42. The lowest BCUT2D eigenvalue weighted by atomic mass is 10.0. The minimum atomic E-state index is -0.602. The highest BCUT2D eigenvalue weighted by Crippen LogP contribution is 2.33. The molecule has 0 bridgehead atoms. The lowest BCUT2D eigenvalue weighted by Gasteiger charge is -2.25.